The number of amides is 3. The number of rotatable bonds is 9. The molecular formula is C30H30N4O8S. The van der Waals surface area contributed by atoms with Gasteiger partial charge in [0.2, 0.25) is 28.1 Å². The molecule has 4 N–H and O–H groups in total. The average molecular weight is 607 g/mol. The van der Waals surface area contributed by atoms with Crippen LogP contribution in [0.4, 0.5) is 0 Å². The fourth-order valence-corrected chi connectivity index (χ4v) is 6.06. The highest BCUT2D eigenvalue weighted by Gasteiger charge is 2.36. The maximum absolute atomic E-state index is 13.7. The lowest BCUT2D eigenvalue weighted by atomic mass is 10.0. The van der Waals surface area contributed by atoms with Gasteiger partial charge in [-0.2, -0.15) is 0 Å². The number of benzene rings is 3. The van der Waals surface area contributed by atoms with E-state index in [4.69, 9.17) is 0 Å². The summed E-state index contributed by atoms with van der Waals surface area (Å²) in [5.74, 6) is -2.37. The molecule has 0 bridgehead atoms. The van der Waals surface area contributed by atoms with Gasteiger partial charge < -0.3 is 25.4 Å². The number of cyclic esters (lactones) is 1. The van der Waals surface area contributed by atoms with Crippen LogP contribution in [0.3, 0.4) is 0 Å². The van der Waals surface area contributed by atoms with Crippen molar-refractivity contribution < 1.29 is 37.4 Å². The maximum Gasteiger partial charge on any atom is 0.310 e. The second-order valence-electron chi connectivity index (χ2n) is 10.2. The lowest BCUT2D eigenvalue weighted by molar-refractivity contribution is -0.155. The van der Waals surface area contributed by atoms with E-state index in [0.717, 1.165) is 5.39 Å². The van der Waals surface area contributed by atoms with E-state index in [1.807, 2.05) is 24.3 Å². The molecule has 0 aliphatic carbocycles. The smallest absolute Gasteiger partial charge is 0.310 e. The van der Waals surface area contributed by atoms with Gasteiger partial charge in [0.15, 0.2) is 0 Å². The molecule has 3 aromatic rings. The standard InChI is InChI=1S/C30H30N4O8S/c35-26(32-25-15-27(36)42-30(25)39)18-34-17-19(16-31-43(40,41)21-9-2-1-3-10-21)13-14-24(29(34)38)33-28(37)23-12-6-8-20-7-4-5-11-22(20)23/h1-13,24-25,30-31,39H,14-18H2,(H,32,35)(H,33,37). The Balaban J connectivity index is 1.35. The second kappa shape index (κ2) is 12.7. The fraction of sp³-hybridized carbons (Fsp3) is 0.267. The number of nitrogens with zero attached hydrogens (tertiary/aromatic N) is 1. The first-order valence-corrected chi connectivity index (χ1v) is 15.1. The van der Waals surface area contributed by atoms with Crippen LogP contribution in [0.5, 0.6) is 0 Å². The largest absolute Gasteiger partial charge is 0.434 e. The Hall–Kier alpha value is -4.59. The van der Waals surface area contributed by atoms with Crippen LogP contribution in [0.1, 0.15) is 23.2 Å². The van der Waals surface area contributed by atoms with Gasteiger partial charge in [0, 0.05) is 18.7 Å². The number of ether oxygens (including phenoxy) is 1. The van der Waals surface area contributed by atoms with E-state index in [1.165, 1.54) is 17.0 Å². The maximum atomic E-state index is 13.7. The van der Waals surface area contributed by atoms with Crippen LogP contribution in [0.15, 0.2) is 89.3 Å². The molecule has 3 unspecified atom stereocenters. The molecule has 2 aliphatic rings. The van der Waals surface area contributed by atoms with Crippen molar-refractivity contribution in [2.45, 2.75) is 36.1 Å². The van der Waals surface area contributed by atoms with Crippen LogP contribution < -0.4 is 15.4 Å². The van der Waals surface area contributed by atoms with Crippen molar-refractivity contribution in [1.29, 1.82) is 0 Å². The molecule has 3 aromatic carbocycles. The van der Waals surface area contributed by atoms with Gasteiger partial charge in [-0.1, -0.05) is 60.7 Å². The van der Waals surface area contributed by atoms with Crippen molar-refractivity contribution in [2.24, 2.45) is 0 Å². The van der Waals surface area contributed by atoms with Gasteiger partial charge in [-0.25, -0.2) is 13.1 Å². The van der Waals surface area contributed by atoms with E-state index >= 15 is 0 Å². The predicted octanol–water partition coefficient (Wildman–Crippen LogP) is 0.826. The van der Waals surface area contributed by atoms with Gasteiger partial charge in [-0.3, -0.25) is 19.2 Å². The highest BCUT2D eigenvalue weighted by molar-refractivity contribution is 7.89. The SMILES string of the molecule is O=C(CN1CC(CNS(=O)(=O)c2ccccc2)=CCC(NC(=O)c2cccc3ccccc23)C1=O)NC1CC(=O)OC1O. The number of hydrogen-bond acceptors (Lipinski definition) is 8. The fourth-order valence-electron chi connectivity index (χ4n) is 5.00. The molecule has 0 radical (unpaired) electrons. The monoisotopic (exact) mass is 606 g/mol. The van der Waals surface area contributed by atoms with Crippen molar-refractivity contribution in [3.63, 3.8) is 0 Å². The number of fused-ring (bicyclic) bond motifs is 1. The molecule has 2 heterocycles. The first-order chi connectivity index (χ1) is 20.6. The Morgan fingerprint density at radius 3 is 2.42 bits per heavy atom. The van der Waals surface area contributed by atoms with Crippen molar-refractivity contribution in [2.75, 3.05) is 19.6 Å². The molecule has 13 heteroatoms. The number of sulfonamides is 1. The Kier molecular flexibility index (Phi) is 8.85. The van der Waals surface area contributed by atoms with Crippen molar-refractivity contribution in [3.8, 4) is 0 Å². The van der Waals surface area contributed by atoms with Gasteiger partial charge >= 0.3 is 5.97 Å². The second-order valence-corrected chi connectivity index (χ2v) is 12.0. The number of carbonyl (C=O) groups is 4. The van der Waals surface area contributed by atoms with E-state index < -0.39 is 58.6 Å². The number of esters is 1. The average Bonchev–Trinajstić information content (AvgIpc) is 3.24. The molecule has 3 atom stereocenters. The highest BCUT2D eigenvalue weighted by atomic mass is 32.2. The summed E-state index contributed by atoms with van der Waals surface area (Å²) < 4.78 is 32.8. The summed E-state index contributed by atoms with van der Waals surface area (Å²) in [7, 11) is -3.86. The first-order valence-electron chi connectivity index (χ1n) is 13.6. The molecule has 1 saturated heterocycles. The molecule has 2 aliphatic heterocycles. The summed E-state index contributed by atoms with van der Waals surface area (Å²) in [6.45, 7) is -0.719. The van der Waals surface area contributed by atoms with Crippen LogP contribution in [0.2, 0.25) is 0 Å². The van der Waals surface area contributed by atoms with Crippen LogP contribution >= 0.6 is 0 Å². The number of hydrogen-bond donors (Lipinski definition) is 4. The van der Waals surface area contributed by atoms with Crippen LogP contribution in [0, 0.1) is 0 Å². The molecule has 0 aromatic heterocycles. The topological polar surface area (TPSA) is 171 Å². The zero-order chi connectivity index (χ0) is 30.6. The molecule has 3 amide bonds. The van der Waals surface area contributed by atoms with E-state index in [1.54, 1.807) is 42.5 Å². The Labute approximate surface area is 247 Å². The lowest BCUT2D eigenvalue weighted by Crippen LogP contribution is -2.52. The van der Waals surface area contributed by atoms with Gasteiger partial charge in [0.05, 0.1) is 17.9 Å². The number of carbonyl (C=O) groups excluding carboxylic acids is 4. The van der Waals surface area contributed by atoms with Gasteiger partial charge in [-0.15, -0.1) is 0 Å². The minimum Gasteiger partial charge on any atom is -0.434 e. The summed E-state index contributed by atoms with van der Waals surface area (Å²) in [6, 6.07) is 18.4. The summed E-state index contributed by atoms with van der Waals surface area (Å²) >= 11 is 0. The predicted molar refractivity (Wildman–Crippen MR) is 155 cm³/mol. The third-order valence-corrected chi connectivity index (χ3v) is 8.61. The molecule has 0 spiro atoms. The summed E-state index contributed by atoms with van der Waals surface area (Å²) in [5, 5.41) is 16.7. The van der Waals surface area contributed by atoms with E-state index in [2.05, 4.69) is 20.1 Å². The van der Waals surface area contributed by atoms with Crippen molar-refractivity contribution >= 4 is 44.5 Å². The number of nitrogens with one attached hydrogen (secondary N) is 3. The number of aliphatic hydroxyl groups is 1. The summed E-state index contributed by atoms with van der Waals surface area (Å²) in [4.78, 5) is 52.6. The van der Waals surface area contributed by atoms with Crippen molar-refractivity contribution in [1.82, 2.24) is 20.3 Å². The van der Waals surface area contributed by atoms with Gasteiger partial charge in [0.1, 0.15) is 12.1 Å². The van der Waals surface area contributed by atoms with E-state index in [9.17, 15) is 32.7 Å². The molecule has 224 valence electrons. The molecule has 0 saturated carbocycles. The molecular weight excluding hydrogens is 576 g/mol. The van der Waals surface area contributed by atoms with Crippen molar-refractivity contribution in [3.05, 3.63) is 90.0 Å². The summed E-state index contributed by atoms with van der Waals surface area (Å²) in [5.41, 5.74) is 0.876. The third-order valence-electron chi connectivity index (χ3n) is 7.19. The Bertz CT molecular complexity index is 1690. The zero-order valence-electron chi connectivity index (χ0n) is 22.9. The number of aliphatic hydroxyl groups excluding tert-OH is 1. The zero-order valence-corrected chi connectivity index (χ0v) is 23.8. The minimum absolute atomic E-state index is 0.0551. The van der Waals surface area contributed by atoms with Gasteiger partial charge in [0.25, 0.3) is 5.91 Å². The van der Waals surface area contributed by atoms with E-state index in [0.29, 0.717) is 16.5 Å². The van der Waals surface area contributed by atoms with E-state index in [-0.39, 0.29) is 30.8 Å². The molecule has 5 rings (SSSR count). The van der Waals surface area contributed by atoms with Crippen LogP contribution in [-0.2, 0) is 29.1 Å². The normalized spacial score (nSPS) is 20.7. The first kappa shape index (κ1) is 29.9. The quantitative estimate of drug-likeness (QED) is 0.205. The Morgan fingerprint density at radius 2 is 1.67 bits per heavy atom. The van der Waals surface area contributed by atoms with Crippen LogP contribution in [0.25, 0.3) is 10.8 Å². The van der Waals surface area contributed by atoms with Crippen LogP contribution in [-0.4, -0.2) is 80.1 Å². The molecule has 1 fully saturated rings. The molecule has 12 nitrogen and oxygen atoms in total. The molecule has 43 heavy (non-hydrogen) atoms. The summed E-state index contributed by atoms with van der Waals surface area (Å²) in [6.07, 6.45) is -0.00642. The van der Waals surface area contributed by atoms with Gasteiger partial charge in [-0.05, 0) is 41.0 Å². The lowest BCUT2D eigenvalue weighted by Gasteiger charge is -2.26. The minimum atomic E-state index is -3.86. The highest BCUT2D eigenvalue weighted by Crippen LogP contribution is 2.20. The third kappa shape index (κ3) is 7.08. The Morgan fingerprint density at radius 1 is 0.953 bits per heavy atom.